The van der Waals surface area contributed by atoms with Crippen molar-refractivity contribution >= 4 is 33.3 Å². The molecule has 0 bridgehead atoms. The number of para-hydroxylation sites is 2. The van der Waals surface area contributed by atoms with E-state index < -0.39 is 0 Å². The minimum Gasteiger partial charge on any atom is -0.485 e. The maximum absolute atomic E-state index is 6.13. The monoisotopic (exact) mass is 423 g/mol. The summed E-state index contributed by atoms with van der Waals surface area (Å²) in [5, 5.41) is 11.4. The number of hydrogen-bond donors (Lipinski definition) is 0. The molecule has 0 saturated heterocycles. The molecule has 1 aromatic carbocycles. The molecule has 7 nitrogen and oxygen atoms in total. The summed E-state index contributed by atoms with van der Waals surface area (Å²) in [7, 11) is 0. The molecule has 4 heterocycles. The number of ether oxygens (including phenoxy) is 2. The van der Waals surface area contributed by atoms with Crippen LogP contribution in [0.5, 0.6) is 11.5 Å². The average molecular weight is 424 g/mol. The second-order valence-electron chi connectivity index (χ2n) is 6.46. The van der Waals surface area contributed by atoms with Crippen LogP contribution in [-0.2, 0) is 6.54 Å². The summed E-state index contributed by atoms with van der Waals surface area (Å²) in [4.78, 5) is 11.0. The molecule has 1 aliphatic heterocycles. The minimum absolute atomic E-state index is 0.347. The topological polar surface area (TPSA) is 75.0 Å². The molecule has 29 heavy (non-hydrogen) atoms. The third kappa shape index (κ3) is 3.36. The number of benzene rings is 1. The van der Waals surface area contributed by atoms with Crippen molar-refractivity contribution in [3.05, 3.63) is 60.0 Å². The van der Waals surface area contributed by atoms with Crippen molar-refractivity contribution in [2.45, 2.75) is 29.8 Å². The Labute approximate surface area is 175 Å². The van der Waals surface area contributed by atoms with Gasteiger partial charge in [-0.25, -0.2) is 9.97 Å². The fraction of sp³-hybridized carbons (Fsp3) is 0.200. The van der Waals surface area contributed by atoms with Crippen molar-refractivity contribution < 1.29 is 9.47 Å². The molecule has 3 aromatic heterocycles. The fourth-order valence-electron chi connectivity index (χ4n) is 3.18. The van der Waals surface area contributed by atoms with Gasteiger partial charge in [0.2, 0.25) is 0 Å². The Kier molecular flexibility index (Phi) is 4.69. The molecule has 4 aromatic rings. The van der Waals surface area contributed by atoms with Gasteiger partial charge in [-0.2, -0.15) is 0 Å². The summed E-state index contributed by atoms with van der Waals surface area (Å²) in [6.07, 6.45) is 3.06. The van der Waals surface area contributed by atoms with Crippen molar-refractivity contribution in [2.75, 3.05) is 6.61 Å². The van der Waals surface area contributed by atoms with Crippen LogP contribution in [0.2, 0.25) is 0 Å². The Balaban J connectivity index is 1.49. The first kappa shape index (κ1) is 18.1. The highest BCUT2D eigenvalue weighted by atomic mass is 32.2. The lowest BCUT2D eigenvalue weighted by Crippen LogP contribution is -2.25. The zero-order valence-corrected chi connectivity index (χ0v) is 17.2. The number of nitrogens with zero attached hydrogens (tertiary/aromatic N) is 5. The highest BCUT2D eigenvalue weighted by Gasteiger charge is 2.28. The van der Waals surface area contributed by atoms with Gasteiger partial charge < -0.3 is 9.47 Å². The van der Waals surface area contributed by atoms with E-state index in [9.17, 15) is 0 Å². The molecule has 1 unspecified atom stereocenters. The Bertz CT molecular complexity index is 1200. The van der Waals surface area contributed by atoms with Crippen LogP contribution in [-0.4, -0.2) is 31.3 Å². The second-order valence-corrected chi connectivity index (χ2v) is 8.65. The van der Waals surface area contributed by atoms with E-state index in [2.05, 4.69) is 39.7 Å². The number of rotatable bonds is 5. The zero-order valence-electron chi connectivity index (χ0n) is 15.6. The summed E-state index contributed by atoms with van der Waals surface area (Å²) in [6, 6.07) is 9.73. The molecule has 1 aliphatic rings. The Hall–Kier alpha value is -2.91. The van der Waals surface area contributed by atoms with Crippen LogP contribution in [0, 0.1) is 6.92 Å². The number of aromatic nitrogens is 5. The lowest BCUT2D eigenvalue weighted by atomic mass is 10.2. The van der Waals surface area contributed by atoms with Gasteiger partial charge in [0.15, 0.2) is 28.6 Å². The van der Waals surface area contributed by atoms with Gasteiger partial charge in [-0.3, -0.25) is 4.57 Å². The lowest BCUT2D eigenvalue weighted by Gasteiger charge is -2.26. The van der Waals surface area contributed by atoms with Crippen LogP contribution in [0.15, 0.2) is 59.5 Å². The third-order valence-corrected chi connectivity index (χ3v) is 6.42. The molecule has 0 fully saturated rings. The number of fused-ring (bicyclic) bond motifs is 2. The standard InChI is InChI=1S/C20H17N5O2S2/c1-3-8-25-17(16-10-26-14-6-4-5-7-15(14)27-16)23-24-20(25)29-19-13-9-12(2)28-18(13)21-11-22-19/h3-7,9,11,16H,1,8,10H2,2H3. The maximum Gasteiger partial charge on any atom is 0.197 e. The molecule has 0 saturated carbocycles. The molecule has 9 heteroatoms. The molecule has 0 amide bonds. The van der Waals surface area contributed by atoms with Crippen molar-refractivity contribution in [1.82, 2.24) is 24.7 Å². The number of allylic oxidation sites excluding steroid dienone is 1. The first-order chi connectivity index (χ1) is 14.2. The highest BCUT2D eigenvalue weighted by molar-refractivity contribution is 7.99. The van der Waals surface area contributed by atoms with Gasteiger partial charge in [0, 0.05) is 16.8 Å². The predicted molar refractivity (Wildman–Crippen MR) is 112 cm³/mol. The van der Waals surface area contributed by atoms with Gasteiger partial charge in [-0.1, -0.05) is 18.2 Å². The van der Waals surface area contributed by atoms with Gasteiger partial charge in [-0.05, 0) is 36.9 Å². The Morgan fingerprint density at radius 1 is 1.28 bits per heavy atom. The first-order valence-corrected chi connectivity index (χ1v) is 10.7. The molecule has 146 valence electrons. The van der Waals surface area contributed by atoms with Crippen molar-refractivity contribution in [2.24, 2.45) is 0 Å². The molecular formula is C20H17N5O2S2. The van der Waals surface area contributed by atoms with Crippen LogP contribution in [0.3, 0.4) is 0 Å². The molecule has 0 aliphatic carbocycles. The summed E-state index contributed by atoms with van der Waals surface area (Å²) in [5.74, 6) is 2.15. The molecular weight excluding hydrogens is 406 g/mol. The second kappa shape index (κ2) is 7.49. The summed E-state index contributed by atoms with van der Waals surface area (Å²) in [6.45, 7) is 6.88. The van der Waals surface area contributed by atoms with Gasteiger partial charge in [0.1, 0.15) is 22.8 Å². The number of hydrogen-bond acceptors (Lipinski definition) is 8. The third-order valence-electron chi connectivity index (χ3n) is 4.46. The normalized spacial score (nSPS) is 15.6. The van der Waals surface area contributed by atoms with E-state index in [1.165, 1.54) is 16.6 Å². The van der Waals surface area contributed by atoms with E-state index in [0.29, 0.717) is 24.7 Å². The summed E-state index contributed by atoms with van der Waals surface area (Å²) in [5.41, 5.74) is 0. The van der Waals surface area contributed by atoms with Crippen LogP contribution in [0.25, 0.3) is 10.2 Å². The molecule has 1 atom stereocenters. The van der Waals surface area contributed by atoms with Gasteiger partial charge >= 0.3 is 0 Å². The van der Waals surface area contributed by atoms with Crippen molar-refractivity contribution in [3.8, 4) is 11.5 Å². The van der Waals surface area contributed by atoms with E-state index >= 15 is 0 Å². The molecule has 5 rings (SSSR count). The van der Waals surface area contributed by atoms with Gasteiger partial charge in [-0.15, -0.1) is 28.1 Å². The Morgan fingerprint density at radius 2 is 2.14 bits per heavy atom. The van der Waals surface area contributed by atoms with Crippen LogP contribution >= 0.6 is 23.1 Å². The van der Waals surface area contributed by atoms with Crippen molar-refractivity contribution in [1.29, 1.82) is 0 Å². The van der Waals surface area contributed by atoms with Crippen LogP contribution in [0.1, 0.15) is 16.8 Å². The quantitative estimate of drug-likeness (QED) is 0.347. The first-order valence-electron chi connectivity index (χ1n) is 9.04. The summed E-state index contributed by atoms with van der Waals surface area (Å²) < 4.78 is 14.0. The average Bonchev–Trinajstić information content (AvgIpc) is 3.31. The fourth-order valence-corrected chi connectivity index (χ4v) is 4.99. The number of aryl methyl sites for hydroxylation is 1. The van der Waals surface area contributed by atoms with Gasteiger partial charge in [0.05, 0.1) is 0 Å². The Morgan fingerprint density at radius 3 is 3.00 bits per heavy atom. The van der Waals surface area contributed by atoms with Crippen LogP contribution < -0.4 is 9.47 Å². The summed E-state index contributed by atoms with van der Waals surface area (Å²) >= 11 is 3.12. The van der Waals surface area contributed by atoms with E-state index in [0.717, 1.165) is 26.1 Å². The molecule has 0 radical (unpaired) electrons. The van der Waals surface area contributed by atoms with Crippen molar-refractivity contribution in [3.63, 3.8) is 0 Å². The highest BCUT2D eigenvalue weighted by Crippen LogP contribution is 2.38. The van der Waals surface area contributed by atoms with E-state index in [1.54, 1.807) is 17.7 Å². The van der Waals surface area contributed by atoms with Gasteiger partial charge in [0.25, 0.3) is 0 Å². The zero-order chi connectivity index (χ0) is 19.8. The van der Waals surface area contributed by atoms with E-state index in [1.807, 2.05) is 34.9 Å². The van der Waals surface area contributed by atoms with E-state index in [-0.39, 0.29) is 6.10 Å². The predicted octanol–water partition coefficient (Wildman–Crippen LogP) is 4.44. The molecule has 0 N–H and O–H groups in total. The minimum atomic E-state index is -0.347. The molecule has 0 spiro atoms. The number of thiophene rings is 1. The SMILES string of the molecule is C=CCn1c(Sc2ncnc3sc(C)cc23)nnc1C1COc2ccccc2O1. The lowest BCUT2D eigenvalue weighted by molar-refractivity contribution is 0.0821. The van der Waals surface area contributed by atoms with Crippen LogP contribution in [0.4, 0.5) is 0 Å². The smallest absolute Gasteiger partial charge is 0.197 e. The maximum atomic E-state index is 6.13. The van der Waals surface area contributed by atoms with E-state index in [4.69, 9.17) is 9.47 Å². The largest absolute Gasteiger partial charge is 0.485 e.